The van der Waals surface area contributed by atoms with Gasteiger partial charge in [0.25, 0.3) is 11.1 Å². The minimum atomic E-state index is -0.968. The van der Waals surface area contributed by atoms with Gasteiger partial charge in [-0.15, -0.1) is 0 Å². The molecule has 16 nitrogen and oxygen atoms in total. The highest BCUT2D eigenvalue weighted by Gasteiger charge is 2.23. The number of carbonyl (C=O) groups excluding carboxylic acids is 4. The van der Waals surface area contributed by atoms with Gasteiger partial charge in [0.05, 0.1) is 11.1 Å². The number of esters is 2. The lowest BCUT2D eigenvalue weighted by atomic mass is 10.1. The van der Waals surface area contributed by atoms with Crippen molar-refractivity contribution in [2.24, 2.45) is 28.2 Å². The predicted molar refractivity (Wildman–Crippen MR) is 138 cm³/mol. The van der Waals surface area contributed by atoms with Gasteiger partial charge in [-0.1, -0.05) is 0 Å². The average molecular weight is 556 g/mol. The van der Waals surface area contributed by atoms with E-state index in [0.29, 0.717) is 9.13 Å². The molecule has 210 valence electrons. The first-order valence-electron chi connectivity index (χ1n) is 11.3. The topological polar surface area (TPSA) is 227 Å². The van der Waals surface area contributed by atoms with Gasteiger partial charge in [-0.2, -0.15) is 0 Å². The number of hydrogen-bond acceptors (Lipinski definition) is 12. The van der Waals surface area contributed by atoms with Crippen LogP contribution >= 0.6 is 0 Å². The van der Waals surface area contributed by atoms with E-state index in [4.69, 9.17) is 20.9 Å². The molecule has 0 amide bonds. The normalized spacial score (nSPS) is 10.7. The molecule has 0 saturated heterocycles. The Morgan fingerprint density at radius 1 is 0.600 bits per heavy atom. The molecule has 0 unspecified atom stereocenters. The van der Waals surface area contributed by atoms with Gasteiger partial charge in [0.15, 0.2) is 13.2 Å². The summed E-state index contributed by atoms with van der Waals surface area (Å²) in [4.78, 5) is 98.0. The van der Waals surface area contributed by atoms with Crippen molar-refractivity contribution >= 4 is 35.1 Å². The smallest absolute Gasteiger partial charge is 0.338 e. The molecule has 16 heteroatoms. The molecular weight excluding hydrogens is 532 g/mol. The summed E-state index contributed by atoms with van der Waals surface area (Å²) in [6.45, 7) is -1.70. The number of ether oxygens (including phenoxy) is 2. The first-order valence-corrected chi connectivity index (χ1v) is 11.3. The van der Waals surface area contributed by atoms with E-state index < -0.39 is 70.3 Å². The molecule has 0 aliphatic carbocycles. The maximum Gasteiger partial charge on any atom is 0.338 e. The van der Waals surface area contributed by atoms with Gasteiger partial charge in [-0.25, -0.2) is 19.2 Å². The lowest BCUT2D eigenvalue weighted by molar-refractivity contribution is 0.0467. The molecule has 2 aromatic heterocycles. The van der Waals surface area contributed by atoms with Crippen LogP contribution in [-0.4, -0.2) is 55.0 Å². The fourth-order valence-electron chi connectivity index (χ4n) is 3.56. The summed E-state index contributed by atoms with van der Waals surface area (Å²) in [5.41, 5.74) is 6.91. The summed E-state index contributed by atoms with van der Waals surface area (Å²) in [6.07, 6.45) is 0. The van der Waals surface area contributed by atoms with Crippen molar-refractivity contribution in [3.05, 3.63) is 88.2 Å². The molecule has 3 aromatic rings. The van der Waals surface area contributed by atoms with Gasteiger partial charge in [0.2, 0.25) is 11.6 Å². The van der Waals surface area contributed by atoms with E-state index in [1.807, 2.05) is 0 Å². The summed E-state index contributed by atoms with van der Waals surface area (Å²) in [6, 6.07) is 4.74. The van der Waals surface area contributed by atoms with Crippen molar-refractivity contribution in [3.8, 4) is 0 Å². The number of nitrogens with zero attached hydrogens (tertiary/aromatic N) is 4. The number of nitrogen functional groups attached to an aromatic ring is 2. The number of Topliss-reactive ketones (excluding diaryl/α,β-unsaturated/α-hetero) is 2. The van der Waals surface area contributed by atoms with Crippen molar-refractivity contribution < 1.29 is 28.7 Å². The van der Waals surface area contributed by atoms with Crippen molar-refractivity contribution in [2.45, 2.75) is 0 Å². The SMILES string of the molecule is Cn1c(N)c(C(=O)COC(=O)c2ccc(C(=O)OCC(=O)c3c(N)n(C)c(=O)n(C)c3=O)cc2)c(=O)n(C)c1=O. The van der Waals surface area contributed by atoms with Gasteiger partial charge in [-0.3, -0.25) is 37.4 Å². The molecule has 3 rings (SSSR count). The van der Waals surface area contributed by atoms with Crippen LogP contribution < -0.4 is 34.0 Å². The highest BCUT2D eigenvalue weighted by atomic mass is 16.5. The monoisotopic (exact) mass is 556 g/mol. The second-order valence-electron chi connectivity index (χ2n) is 8.51. The van der Waals surface area contributed by atoms with Crippen LogP contribution in [0, 0.1) is 0 Å². The lowest BCUT2D eigenvalue weighted by Gasteiger charge is -2.11. The molecule has 1 aromatic carbocycles. The fraction of sp³-hybridized carbons (Fsp3) is 0.250. The van der Waals surface area contributed by atoms with Crippen LogP contribution in [0.5, 0.6) is 0 Å². The summed E-state index contributed by atoms with van der Waals surface area (Å²) in [7, 11) is 4.86. The molecule has 0 fully saturated rings. The van der Waals surface area contributed by atoms with Crippen molar-refractivity contribution in [3.63, 3.8) is 0 Å². The van der Waals surface area contributed by atoms with E-state index >= 15 is 0 Å². The molecule has 0 bridgehead atoms. The van der Waals surface area contributed by atoms with Crippen LogP contribution in [0.25, 0.3) is 0 Å². The van der Waals surface area contributed by atoms with Crippen molar-refractivity contribution in [1.29, 1.82) is 0 Å². The van der Waals surface area contributed by atoms with Gasteiger partial charge in [0, 0.05) is 28.2 Å². The number of benzene rings is 1. The van der Waals surface area contributed by atoms with Crippen molar-refractivity contribution in [1.82, 2.24) is 18.3 Å². The highest BCUT2D eigenvalue weighted by Crippen LogP contribution is 2.10. The van der Waals surface area contributed by atoms with Gasteiger partial charge in [0.1, 0.15) is 22.8 Å². The summed E-state index contributed by atoms with van der Waals surface area (Å²) < 4.78 is 13.0. The Bertz CT molecular complexity index is 1680. The molecule has 4 N–H and O–H groups in total. The van der Waals surface area contributed by atoms with Crippen LogP contribution in [0.1, 0.15) is 41.4 Å². The zero-order valence-corrected chi connectivity index (χ0v) is 21.7. The third kappa shape index (κ3) is 5.22. The molecule has 0 saturated carbocycles. The van der Waals surface area contributed by atoms with Crippen LogP contribution in [0.15, 0.2) is 43.4 Å². The van der Waals surface area contributed by atoms with Gasteiger partial charge >= 0.3 is 23.3 Å². The number of aromatic nitrogens is 4. The highest BCUT2D eigenvalue weighted by molar-refractivity contribution is 6.03. The lowest BCUT2D eigenvalue weighted by Crippen LogP contribution is -2.42. The average Bonchev–Trinajstić information content (AvgIpc) is 2.94. The van der Waals surface area contributed by atoms with E-state index in [1.54, 1.807) is 0 Å². The maximum absolute atomic E-state index is 12.5. The van der Waals surface area contributed by atoms with E-state index in [1.165, 1.54) is 38.4 Å². The second kappa shape index (κ2) is 11.1. The van der Waals surface area contributed by atoms with Gasteiger partial charge < -0.3 is 20.9 Å². The maximum atomic E-state index is 12.5. The largest absolute Gasteiger partial charge is 0.454 e. The third-order valence-corrected chi connectivity index (χ3v) is 6.00. The Hall–Kier alpha value is -5.54. The van der Waals surface area contributed by atoms with Gasteiger partial charge in [-0.05, 0) is 24.3 Å². The number of anilines is 2. The molecule has 0 radical (unpaired) electrons. The molecule has 0 spiro atoms. The van der Waals surface area contributed by atoms with E-state index in [0.717, 1.165) is 23.2 Å². The van der Waals surface area contributed by atoms with Crippen LogP contribution in [-0.2, 0) is 37.7 Å². The molecule has 2 heterocycles. The van der Waals surface area contributed by atoms with Crippen molar-refractivity contribution in [2.75, 3.05) is 24.7 Å². The predicted octanol–water partition coefficient (Wildman–Crippen LogP) is -2.27. The number of nitrogens with two attached hydrogens (primary N) is 2. The Balaban J connectivity index is 1.65. The molecular formula is C24H24N6O10. The zero-order valence-electron chi connectivity index (χ0n) is 21.7. The van der Waals surface area contributed by atoms with E-state index in [9.17, 15) is 38.4 Å². The van der Waals surface area contributed by atoms with Crippen LogP contribution in [0.3, 0.4) is 0 Å². The number of hydrogen-bond donors (Lipinski definition) is 2. The second-order valence-corrected chi connectivity index (χ2v) is 8.51. The van der Waals surface area contributed by atoms with E-state index in [2.05, 4.69) is 0 Å². The third-order valence-electron chi connectivity index (χ3n) is 6.00. The molecule has 0 aliphatic heterocycles. The molecule has 0 atom stereocenters. The number of ketones is 2. The minimum Gasteiger partial charge on any atom is -0.454 e. The van der Waals surface area contributed by atoms with Crippen LogP contribution in [0.2, 0.25) is 0 Å². The van der Waals surface area contributed by atoms with Crippen LogP contribution in [0.4, 0.5) is 11.6 Å². The Kier molecular flexibility index (Phi) is 8.02. The Morgan fingerprint density at radius 2 is 0.900 bits per heavy atom. The molecule has 40 heavy (non-hydrogen) atoms. The summed E-state index contributed by atoms with van der Waals surface area (Å²) in [5, 5.41) is 0. The molecule has 0 aliphatic rings. The Labute approximate surface area is 223 Å². The fourth-order valence-corrected chi connectivity index (χ4v) is 3.56. The minimum absolute atomic E-state index is 0.0664. The standard InChI is InChI=1S/C24H24N6O10/c1-27-17(25)15(19(33)29(3)23(27)37)13(31)9-39-21(35)11-5-7-12(8-6-11)22(36)40-10-14(32)16-18(26)28(2)24(38)30(4)20(16)34/h5-8H,9-10,25-26H2,1-4H3. The summed E-state index contributed by atoms with van der Waals surface area (Å²) in [5.74, 6) is -4.55. The number of rotatable bonds is 8. The quantitative estimate of drug-likeness (QED) is 0.221. The number of carbonyl (C=O) groups is 4. The summed E-state index contributed by atoms with van der Waals surface area (Å²) >= 11 is 0. The first-order chi connectivity index (χ1) is 18.7. The van der Waals surface area contributed by atoms with E-state index in [-0.39, 0.29) is 22.8 Å². The Morgan fingerprint density at radius 3 is 1.20 bits per heavy atom. The zero-order chi connectivity index (χ0) is 30.0. The first kappa shape index (κ1) is 29.0.